The van der Waals surface area contributed by atoms with E-state index in [9.17, 15) is 0 Å². The van der Waals surface area contributed by atoms with Crippen molar-refractivity contribution in [3.63, 3.8) is 0 Å². The fourth-order valence-electron chi connectivity index (χ4n) is 0.817. The molecule has 0 amide bonds. The molecule has 0 saturated carbocycles. The number of hydrogen-bond acceptors (Lipinski definition) is 1. The first-order chi connectivity index (χ1) is 5.66. The normalized spacial score (nSPS) is 12.2. The fourth-order valence-corrected chi connectivity index (χ4v) is 1.78. The smallest absolute Gasteiger partial charge is 0.148 e. The summed E-state index contributed by atoms with van der Waals surface area (Å²) in [5, 5.41) is 8.59. The third-order valence-corrected chi connectivity index (χ3v) is 2.34. The van der Waals surface area contributed by atoms with Crippen molar-refractivity contribution in [2.24, 2.45) is 0 Å². The fraction of sp³-hybridized carbons (Fsp3) is 0.125. The van der Waals surface area contributed by atoms with E-state index >= 15 is 0 Å². The maximum Gasteiger partial charge on any atom is 0.148 e. The van der Waals surface area contributed by atoms with Gasteiger partial charge in [0.05, 0.1) is 6.07 Å². The van der Waals surface area contributed by atoms with E-state index in [0.29, 0.717) is 15.6 Å². The molecule has 0 spiro atoms. The molecule has 0 radical (unpaired) electrons. The Hall–Kier alpha value is -0.420. The number of benzene rings is 1. The zero-order valence-corrected chi connectivity index (χ0v) is 8.16. The predicted octanol–water partition coefficient (Wildman–Crippen LogP) is 3.80. The van der Waals surface area contributed by atoms with Crippen LogP contribution in [0.2, 0.25) is 10.0 Å². The molecule has 0 aliphatic carbocycles. The van der Waals surface area contributed by atoms with E-state index in [0.717, 1.165) is 0 Å². The molecule has 1 aromatic rings. The van der Waals surface area contributed by atoms with Crippen LogP contribution in [0.1, 0.15) is 10.9 Å². The largest absolute Gasteiger partial charge is 0.196 e. The van der Waals surface area contributed by atoms with E-state index in [1.165, 1.54) is 0 Å². The lowest BCUT2D eigenvalue weighted by molar-refractivity contribution is 1.21. The molecule has 0 aromatic heterocycles. The Morgan fingerprint density at radius 2 is 1.75 bits per heavy atom. The minimum absolute atomic E-state index is 0.420. The Bertz CT molecular complexity index is 309. The molecule has 0 unspecified atom stereocenters. The second-order valence-electron chi connectivity index (χ2n) is 2.13. The minimum atomic E-state index is -0.786. The molecule has 1 aromatic carbocycles. The van der Waals surface area contributed by atoms with Gasteiger partial charge in [-0.25, -0.2) is 0 Å². The van der Waals surface area contributed by atoms with Gasteiger partial charge in [0.1, 0.15) is 5.38 Å². The van der Waals surface area contributed by atoms with Crippen LogP contribution in [0.25, 0.3) is 0 Å². The molecule has 4 heteroatoms. The van der Waals surface area contributed by atoms with E-state index in [1.807, 2.05) is 6.07 Å². The van der Waals surface area contributed by atoms with E-state index in [2.05, 4.69) is 0 Å². The van der Waals surface area contributed by atoms with Gasteiger partial charge in [-0.1, -0.05) is 29.3 Å². The first-order valence-corrected chi connectivity index (χ1v) is 4.33. The summed E-state index contributed by atoms with van der Waals surface area (Å²) in [5.41, 5.74) is 0.477. The standard InChI is InChI=1S/C8H4Cl3N/c9-5-2-1-3-6(10)8(5)7(11)4-12/h1-3,7H/t7-/m1/s1. The Morgan fingerprint density at radius 1 is 1.25 bits per heavy atom. The van der Waals surface area contributed by atoms with Gasteiger partial charge in [-0.05, 0) is 12.1 Å². The van der Waals surface area contributed by atoms with Crippen LogP contribution in [0.15, 0.2) is 18.2 Å². The third kappa shape index (κ3) is 1.84. The molecule has 1 atom stereocenters. The Morgan fingerprint density at radius 3 is 2.17 bits per heavy atom. The summed E-state index contributed by atoms with van der Waals surface area (Å²) in [4.78, 5) is 0. The van der Waals surface area contributed by atoms with Gasteiger partial charge < -0.3 is 0 Å². The van der Waals surface area contributed by atoms with Crippen LogP contribution in [0.4, 0.5) is 0 Å². The van der Waals surface area contributed by atoms with Gasteiger partial charge in [-0.2, -0.15) is 5.26 Å². The molecule has 62 valence electrons. The van der Waals surface area contributed by atoms with Gasteiger partial charge in [0.2, 0.25) is 0 Å². The molecule has 0 N–H and O–H groups in total. The Kier molecular flexibility index (Phi) is 3.22. The summed E-state index contributed by atoms with van der Waals surface area (Å²) < 4.78 is 0. The van der Waals surface area contributed by atoms with E-state index < -0.39 is 5.38 Å². The summed E-state index contributed by atoms with van der Waals surface area (Å²) in [6.45, 7) is 0. The third-order valence-electron chi connectivity index (χ3n) is 1.37. The van der Waals surface area contributed by atoms with Crippen molar-refractivity contribution >= 4 is 34.8 Å². The van der Waals surface area contributed by atoms with Crippen LogP contribution in [0, 0.1) is 11.3 Å². The molecule has 0 aliphatic heterocycles. The average Bonchev–Trinajstić information content (AvgIpc) is 2.03. The number of nitriles is 1. The van der Waals surface area contributed by atoms with Crippen molar-refractivity contribution in [2.45, 2.75) is 5.38 Å². The zero-order valence-electron chi connectivity index (χ0n) is 5.89. The highest BCUT2D eigenvalue weighted by Gasteiger charge is 2.13. The van der Waals surface area contributed by atoms with Crippen molar-refractivity contribution in [3.05, 3.63) is 33.8 Å². The monoisotopic (exact) mass is 219 g/mol. The lowest BCUT2D eigenvalue weighted by Crippen LogP contribution is -1.88. The highest BCUT2D eigenvalue weighted by molar-refractivity contribution is 6.38. The molecule has 0 fully saturated rings. The SMILES string of the molecule is N#C[C@@H](Cl)c1c(Cl)cccc1Cl. The average molecular weight is 220 g/mol. The van der Waals surface area contributed by atoms with E-state index in [1.54, 1.807) is 18.2 Å². The molecular weight excluding hydrogens is 216 g/mol. The maximum atomic E-state index is 8.54. The highest BCUT2D eigenvalue weighted by atomic mass is 35.5. The predicted molar refractivity (Wildman–Crippen MR) is 50.7 cm³/mol. The highest BCUT2D eigenvalue weighted by Crippen LogP contribution is 2.33. The van der Waals surface area contributed by atoms with Crippen molar-refractivity contribution < 1.29 is 0 Å². The Labute approximate surface area is 85.5 Å². The van der Waals surface area contributed by atoms with Crippen molar-refractivity contribution in [2.75, 3.05) is 0 Å². The summed E-state index contributed by atoms with van der Waals surface area (Å²) in [6.07, 6.45) is 0. The molecule has 1 rings (SSSR count). The maximum absolute atomic E-state index is 8.54. The van der Waals surface area contributed by atoms with Gasteiger partial charge in [0, 0.05) is 15.6 Å². The second-order valence-corrected chi connectivity index (χ2v) is 3.38. The summed E-state index contributed by atoms with van der Waals surface area (Å²) in [7, 11) is 0. The van der Waals surface area contributed by atoms with E-state index in [4.69, 9.17) is 40.1 Å². The van der Waals surface area contributed by atoms with Crippen LogP contribution in [-0.2, 0) is 0 Å². The van der Waals surface area contributed by atoms with Gasteiger partial charge in [0.25, 0.3) is 0 Å². The molecule has 12 heavy (non-hydrogen) atoms. The topological polar surface area (TPSA) is 23.8 Å². The molecule has 0 heterocycles. The zero-order chi connectivity index (χ0) is 9.14. The van der Waals surface area contributed by atoms with Gasteiger partial charge in [-0.15, -0.1) is 11.6 Å². The lowest BCUT2D eigenvalue weighted by atomic mass is 10.1. The summed E-state index contributed by atoms with van der Waals surface area (Å²) in [6, 6.07) is 6.86. The van der Waals surface area contributed by atoms with Gasteiger partial charge >= 0.3 is 0 Å². The van der Waals surface area contributed by atoms with E-state index in [-0.39, 0.29) is 0 Å². The van der Waals surface area contributed by atoms with Gasteiger partial charge in [-0.3, -0.25) is 0 Å². The quantitative estimate of drug-likeness (QED) is 0.661. The molecular formula is C8H4Cl3N. The first-order valence-electron chi connectivity index (χ1n) is 3.14. The molecule has 1 nitrogen and oxygen atoms in total. The lowest BCUT2D eigenvalue weighted by Gasteiger charge is -2.05. The van der Waals surface area contributed by atoms with Crippen LogP contribution < -0.4 is 0 Å². The number of nitrogens with zero attached hydrogens (tertiary/aromatic N) is 1. The van der Waals surface area contributed by atoms with Crippen molar-refractivity contribution in [1.82, 2.24) is 0 Å². The van der Waals surface area contributed by atoms with Crippen molar-refractivity contribution in [3.8, 4) is 6.07 Å². The minimum Gasteiger partial charge on any atom is -0.196 e. The van der Waals surface area contributed by atoms with Crippen LogP contribution in [0.3, 0.4) is 0 Å². The van der Waals surface area contributed by atoms with Crippen LogP contribution >= 0.6 is 34.8 Å². The first kappa shape index (κ1) is 9.67. The van der Waals surface area contributed by atoms with Crippen LogP contribution in [-0.4, -0.2) is 0 Å². The molecule has 0 saturated heterocycles. The van der Waals surface area contributed by atoms with Crippen LogP contribution in [0.5, 0.6) is 0 Å². The van der Waals surface area contributed by atoms with Gasteiger partial charge in [0.15, 0.2) is 0 Å². The number of hydrogen-bond donors (Lipinski definition) is 0. The molecule has 0 aliphatic rings. The summed E-state index contributed by atoms with van der Waals surface area (Å²) in [5.74, 6) is 0. The second kappa shape index (κ2) is 4.00. The van der Waals surface area contributed by atoms with Crippen molar-refractivity contribution in [1.29, 1.82) is 5.26 Å². The molecule has 0 bridgehead atoms. The number of halogens is 3. The Balaban J connectivity index is 3.23. The number of alkyl halides is 1. The number of rotatable bonds is 1. The summed E-state index contributed by atoms with van der Waals surface area (Å²) >= 11 is 17.2.